The van der Waals surface area contributed by atoms with E-state index in [1.54, 1.807) is 6.20 Å². The highest BCUT2D eigenvalue weighted by atomic mass is 79.9. The summed E-state index contributed by atoms with van der Waals surface area (Å²) in [6.45, 7) is 0.569. The van der Waals surface area contributed by atoms with Crippen molar-refractivity contribution >= 4 is 21.7 Å². The van der Waals surface area contributed by atoms with Crippen molar-refractivity contribution in [1.82, 2.24) is 4.98 Å². The molecular weight excluding hydrogens is 244 g/mol. The quantitative estimate of drug-likeness (QED) is 0.873. The average molecular weight is 257 g/mol. The third-order valence-corrected chi connectivity index (χ3v) is 2.30. The molecule has 0 spiro atoms. The molecule has 0 bridgehead atoms. The smallest absolute Gasteiger partial charge is 0.138 e. The number of carbonyl (C=O) groups is 1. The SMILES string of the molecule is NCCCC(=O)Cc1ccc(Br)cn1. The van der Waals surface area contributed by atoms with Gasteiger partial charge >= 0.3 is 0 Å². The second-order valence-electron chi connectivity index (χ2n) is 3.08. The van der Waals surface area contributed by atoms with Crippen LogP contribution >= 0.6 is 15.9 Å². The van der Waals surface area contributed by atoms with Crippen LogP contribution in [0.3, 0.4) is 0 Å². The first kappa shape index (κ1) is 11.3. The van der Waals surface area contributed by atoms with Crippen molar-refractivity contribution in [2.75, 3.05) is 6.54 Å². The number of carbonyl (C=O) groups excluding carboxylic acids is 1. The summed E-state index contributed by atoms with van der Waals surface area (Å²) < 4.78 is 0.927. The van der Waals surface area contributed by atoms with E-state index in [4.69, 9.17) is 5.73 Å². The Morgan fingerprint density at radius 3 is 2.86 bits per heavy atom. The second-order valence-corrected chi connectivity index (χ2v) is 3.99. The number of hydrogen-bond donors (Lipinski definition) is 1. The largest absolute Gasteiger partial charge is 0.330 e. The lowest BCUT2D eigenvalue weighted by Gasteiger charge is -1.99. The third kappa shape index (κ3) is 3.98. The monoisotopic (exact) mass is 256 g/mol. The average Bonchev–Trinajstić information content (AvgIpc) is 2.18. The summed E-state index contributed by atoms with van der Waals surface area (Å²) in [5.74, 6) is 0.199. The van der Waals surface area contributed by atoms with E-state index in [-0.39, 0.29) is 5.78 Å². The number of nitrogens with two attached hydrogens (primary N) is 1. The minimum Gasteiger partial charge on any atom is -0.330 e. The van der Waals surface area contributed by atoms with Crippen molar-refractivity contribution in [3.8, 4) is 0 Å². The molecule has 2 N–H and O–H groups in total. The van der Waals surface area contributed by atoms with Gasteiger partial charge in [-0.1, -0.05) is 0 Å². The molecule has 0 radical (unpaired) electrons. The lowest BCUT2D eigenvalue weighted by atomic mass is 10.1. The molecule has 0 atom stereocenters. The molecular formula is C10H13BrN2O. The fourth-order valence-corrected chi connectivity index (χ4v) is 1.34. The molecule has 0 saturated heterocycles. The molecule has 0 aliphatic carbocycles. The fourth-order valence-electron chi connectivity index (χ4n) is 1.10. The molecule has 0 aliphatic heterocycles. The van der Waals surface area contributed by atoms with Crippen molar-refractivity contribution in [3.05, 3.63) is 28.5 Å². The van der Waals surface area contributed by atoms with Gasteiger partial charge in [0.2, 0.25) is 0 Å². The Morgan fingerprint density at radius 1 is 1.50 bits per heavy atom. The van der Waals surface area contributed by atoms with Crippen LogP contribution < -0.4 is 5.73 Å². The van der Waals surface area contributed by atoms with Crippen LogP contribution in [0.5, 0.6) is 0 Å². The van der Waals surface area contributed by atoms with Gasteiger partial charge in [0, 0.05) is 29.2 Å². The summed E-state index contributed by atoms with van der Waals surface area (Å²) in [6, 6.07) is 3.74. The van der Waals surface area contributed by atoms with E-state index in [0.717, 1.165) is 16.6 Å². The van der Waals surface area contributed by atoms with Crippen molar-refractivity contribution in [2.45, 2.75) is 19.3 Å². The molecule has 0 amide bonds. The first-order chi connectivity index (χ1) is 6.72. The van der Waals surface area contributed by atoms with E-state index in [0.29, 0.717) is 19.4 Å². The summed E-state index contributed by atoms with van der Waals surface area (Å²) in [7, 11) is 0. The Labute approximate surface area is 91.8 Å². The van der Waals surface area contributed by atoms with Gasteiger partial charge in [0.25, 0.3) is 0 Å². The minimum absolute atomic E-state index is 0.199. The Balaban J connectivity index is 2.44. The molecule has 1 rings (SSSR count). The van der Waals surface area contributed by atoms with E-state index < -0.39 is 0 Å². The topological polar surface area (TPSA) is 56.0 Å². The first-order valence-corrected chi connectivity index (χ1v) is 5.34. The van der Waals surface area contributed by atoms with Gasteiger partial charge in [-0.2, -0.15) is 0 Å². The van der Waals surface area contributed by atoms with Crippen molar-refractivity contribution in [3.63, 3.8) is 0 Å². The van der Waals surface area contributed by atoms with Crippen molar-refractivity contribution in [1.29, 1.82) is 0 Å². The number of nitrogens with zero attached hydrogens (tertiary/aromatic N) is 1. The van der Waals surface area contributed by atoms with Crippen LogP contribution in [0.1, 0.15) is 18.5 Å². The number of aromatic nitrogens is 1. The Hall–Kier alpha value is -0.740. The number of halogens is 1. The van der Waals surface area contributed by atoms with Crippen LogP contribution in [0, 0.1) is 0 Å². The first-order valence-electron chi connectivity index (χ1n) is 4.54. The number of rotatable bonds is 5. The number of ketones is 1. The van der Waals surface area contributed by atoms with Crippen LogP contribution in [-0.2, 0) is 11.2 Å². The van der Waals surface area contributed by atoms with E-state index in [2.05, 4.69) is 20.9 Å². The van der Waals surface area contributed by atoms with Crippen LogP contribution in [0.4, 0.5) is 0 Å². The number of pyridine rings is 1. The van der Waals surface area contributed by atoms with Gasteiger partial charge in [0.15, 0.2) is 0 Å². The van der Waals surface area contributed by atoms with Gasteiger partial charge in [0.05, 0.1) is 0 Å². The molecule has 3 nitrogen and oxygen atoms in total. The highest BCUT2D eigenvalue weighted by molar-refractivity contribution is 9.10. The summed E-state index contributed by atoms with van der Waals surface area (Å²) in [5.41, 5.74) is 6.13. The van der Waals surface area contributed by atoms with E-state index in [1.807, 2.05) is 12.1 Å². The van der Waals surface area contributed by atoms with Crippen LogP contribution in [0.25, 0.3) is 0 Å². The number of Topliss-reactive ketones (excluding diaryl/α,β-unsaturated/α-hetero) is 1. The predicted octanol–water partition coefficient (Wildman–Crippen LogP) is 1.69. The molecule has 0 aromatic carbocycles. The molecule has 0 unspecified atom stereocenters. The minimum atomic E-state index is 0.199. The van der Waals surface area contributed by atoms with Gasteiger partial charge in [0.1, 0.15) is 5.78 Å². The van der Waals surface area contributed by atoms with E-state index in [9.17, 15) is 4.79 Å². The molecule has 1 heterocycles. The van der Waals surface area contributed by atoms with Gasteiger partial charge in [-0.25, -0.2) is 0 Å². The fraction of sp³-hybridized carbons (Fsp3) is 0.400. The van der Waals surface area contributed by atoms with Crippen molar-refractivity contribution < 1.29 is 4.79 Å². The summed E-state index contributed by atoms with van der Waals surface area (Å²) in [5, 5.41) is 0. The summed E-state index contributed by atoms with van der Waals surface area (Å²) >= 11 is 3.29. The molecule has 1 aromatic rings. The molecule has 76 valence electrons. The van der Waals surface area contributed by atoms with Crippen molar-refractivity contribution in [2.24, 2.45) is 5.73 Å². The van der Waals surface area contributed by atoms with E-state index in [1.165, 1.54) is 0 Å². The normalized spacial score (nSPS) is 10.1. The van der Waals surface area contributed by atoms with Gasteiger partial charge in [-0.3, -0.25) is 9.78 Å². The van der Waals surface area contributed by atoms with Crippen LogP contribution in [0.2, 0.25) is 0 Å². The standard InChI is InChI=1S/C10H13BrN2O/c11-8-3-4-9(13-7-8)6-10(14)2-1-5-12/h3-4,7H,1-2,5-6,12H2. The summed E-state index contributed by atoms with van der Waals surface area (Å²) in [6.07, 6.45) is 3.42. The van der Waals surface area contributed by atoms with Crippen LogP contribution in [-0.4, -0.2) is 17.3 Å². The molecule has 0 saturated carbocycles. The zero-order chi connectivity index (χ0) is 10.4. The maximum atomic E-state index is 11.3. The van der Waals surface area contributed by atoms with Gasteiger partial charge in [-0.15, -0.1) is 0 Å². The third-order valence-electron chi connectivity index (χ3n) is 1.83. The Morgan fingerprint density at radius 2 is 2.29 bits per heavy atom. The van der Waals surface area contributed by atoms with Crippen LogP contribution in [0.15, 0.2) is 22.8 Å². The highest BCUT2D eigenvalue weighted by Crippen LogP contribution is 2.08. The number of hydrogen-bond acceptors (Lipinski definition) is 3. The Bertz CT molecular complexity index is 297. The second kappa shape index (κ2) is 5.88. The lowest BCUT2D eigenvalue weighted by Crippen LogP contribution is -2.07. The lowest BCUT2D eigenvalue weighted by molar-refractivity contribution is -0.118. The molecule has 14 heavy (non-hydrogen) atoms. The van der Waals surface area contributed by atoms with E-state index >= 15 is 0 Å². The maximum absolute atomic E-state index is 11.3. The molecule has 1 aromatic heterocycles. The molecule has 4 heteroatoms. The highest BCUT2D eigenvalue weighted by Gasteiger charge is 2.03. The molecule has 0 aliphatic rings. The van der Waals surface area contributed by atoms with Gasteiger partial charge in [-0.05, 0) is 41.0 Å². The maximum Gasteiger partial charge on any atom is 0.138 e. The van der Waals surface area contributed by atoms with Gasteiger partial charge < -0.3 is 5.73 Å². The molecule has 0 fully saturated rings. The zero-order valence-electron chi connectivity index (χ0n) is 7.87. The summed E-state index contributed by atoms with van der Waals surface area (Å²) in [4.78, 5) is 15.5. The Kier molecular flexibility index (Phi) is 4.76. The zero-order valence-corrected chi connectivity index (χ0v) is 9.46. The predicted molar refractivity (Wildman–Crippen MR) is 58.9 cm³/mol.